The van der Waals surface area contributed by atoms with E-state index in [0.29, 0.717) is 6.54 Å². The molecule has 1 aromatic carbocycles. The van der Waals surface area contributed by atoms with E-state index >= 15 is 0 Å². The van der Waals surface area contributed by atoms with Gasteiger partial charge in [-0.3, -0.25) is 0 Å². The minimum Gasteiger partial charge on any atom is -0.389 e. The largest absolute Gasteiger partial charge is 0.389 e. The van der Waals surface area contributed by atoms with Crippen molar-refractivity contribution in [1.82, 2.24) is 5.32 Å². The first-order valence-electron chi connectivity index (χ1n) is 6.19. The molecule has 0 aliphatic carbocycles. The van der Waals surface area contributed by atoms with E-state index in [1.165, 1.54) is 0 Å². The highest BCUT2D eigenvalue weighted by Gasteiger charge is 2.20. The van der Waals surface area contributed by atoms with E-state index in [0.717, 1.165) is 35.5 Å². The molecule has 0 aliphatic heterocycles. The van der Waals surface area contributed by atoms with Gasteiger partial charge in [0, 0.05) is 18.1 Å². The van der Waals surface area contributed by atoms with Crippen molar-refractivity contribution in [2.45, 2.75) is 45.8 Å². The van der Waals surface area contributed by atoms with Crippen molar-refractivity contribution in [3.05, 3.63) is 34.3 Å². The Morgan fingerprint density at radius 1 is 1.29 bits per heavy atom. The van der Waals surface area contributed by atoms with Crippen LogP contribution < -0.4 is 5.32 Å². The second-order valence-electron chi connectivity index (χ2n) is 4.62. The van der Waals surface area contributed by atoms with Gasteiger partial charge in [0.15, 0.2) is 0 Å². The summed E-state index contributed by atoms with van der Waals surface area (Å²) in [6, 6.07) is 6.05. The molecule has 1 rings (SSSR count). The number of hydrogen-bond donors (Lipinski definition) is 2. The summed E-state index contributed by atoms with van der Waals surface area (Å²) < 4.78 is 0. The molecule has 0 heterocycles. The van der Waals surface area contributed by atoms with E-state index in [1.807, 2.05) is 32.9 Å². The molecule has 1 aromatic rings. The molecule has 0 bridgehead atoms. The summed E-state index contributed by atoms with van der Waals surface area (Å²) in [6.07, 6.45) is 1.54. The van der Waals surface area contributed by atoms with Crippen molar-refractivity contribution >= 4 is 11.6 Å². The standard InChI is InChI=1S/C14H22ClNO/c1-4-14(17,5-2)10-16-9-12-7-6-11(3)13(15)8-12/h6-8,16-17H,4-5,9-10H2,1-3H3. The summed E-state index contributed by atoms with van der Waals surface area (Å²) in [4.78, 5) is 0. The highest BCUT2D eigenvalue weighted by molar-refractivity contribution is 6.31. The molecule has 0 amide bonds. The molecule has 0 atom stereocenters. The van der Waals surface area contributed by atoms with Crippen LogP contribution in [-0.2, 0) is 6.54 Å². The fraction of sp³-hybridized carbons (Fsp3) is 0.571. The molecule has 0 radical (unpaired) electrons. The van der Waals surface area contributed by atoms with Crippen molar-refractivity contribution in [2.24, 2.45) is 0 Å². The molecule has 17 heavy (non-hydrogen) atoms. The lowest BCUT2D eigenvalue weighted by Crippen LogP contribution is -2.39. The van der Waals surface area contributed by atoms with Gasteiger partial charge in [-0.1, -0.05) is 37.6 Å². The van der Waals surface area contributed by atoms with Crippen molar-refractivity contribution in [1.29, 1.82) is 0 Å². The van der Waals surface area contributed by atoms with Gasteiger partial charge in [-0.05, 0) is 37.0 Å². The smallest absolute Gasteiger partial charge is 0.0766 e. The van der Waals surface area contributed by atoms with Crippen LogP contribution in [0.5, 0.6) is 0 Å². The molecule has 0 aromatic heterocycles. The van der Waals surface area contributed by atoms with Gasteiger partial charge in [-0.25, -0.2) is 0 Å². The summed E-state index contributed by atoms with van der Waals surface area (Å²) in [7, 11) is 0. The monoisotopic (exact) mass is 255 g/mol. The van der Waals surface area contributed by atoms with E-state index < -0.39 is 5.60 Å². The van der Waals surface area contributed by atoms with Gasteiger partial charge in [0.1, 0.15) is 0 Å². The summed E-state index contributed by atoms with van der Waals surface area (Å²) >= 11 is 6.06. The Balaban J connectivity index is 2.48. The molecule has 2 N–H and O–H groups in total. The number of nitrogens with one attached hydrogen (secondary N) is 1. The van der Waals surface area contributed by atoms with Gasteiger partial charge < -0.3 is 10.4 Å². The van der Waals surface area contributed by atoms with Crippen LogP contribution >= 0.6 is 11.6 Å². The second-order valence-corrected chi connectivity index (χ2v) is 5.03. The number of halogens is 1. The average Bonchev–Trinajstić information content (AvgIpc) is 2.33. The lowest BCUT2D eigenvalue weighted by molar-refractivity contribution is 0.0323. The van der Waals surface area contributed by atoms with Crippen molar-refractivity contribution in [3.63, 3.8) is 0 Å². The molecular formula is C14H22ClNO. The fourth-order valence-corrected chi connectivity index (χ4v) is 1.89. The summed E-state index contributed by atoms with van der Waals surface area (Å²) in [5, 5.41) is 14.2. The molecule has 0 fully saturated rings. The molecular weight excluding hydrogens is 234 g/mol. The van der Waals surface area contributed by atoms with Crippen LogP contribution in [0.2, 0.25) is 5.02 Å². The van der Waals surface area contributed by atoms with Crippen LogP contribution in [0.4, 0.5) is 0 Å². The third kappa shape index (κ3) is 4.30. The van der Waals surface area contributed by atoms with Crippen LogP contribution in [0, 0.1) is 6.92 Å². The third-order valence-corrected chi connectivity index (χ3v) is 3.74. The van der Waals surface area contributed by atoms with Crippen molar-refractivity contribution in [3.8, 4) is 0 Å². The molecule has 0 unspecified atom stereocenters. The first-order valence-corrected chi connectivity index (χ1v) is 6.56. The van der Waals surface area contributed by atoms with E-state index in [1.54, 1.807) is 0 Å². The first-order chi connectivity index (χ1) is 8.00. The number of rotatable bonds is 6. The van der Waals surface area contributed by atoms with Gasteiger partial charge in [-0.15, -0.1) is 0 Å². The Hall–Kier alpha value is -0.570. The molecule has 0 aliphatic rings. The van der Waals surface area contributed by atoms with Crippen LogP contribution in [0.15, 0.2) is 18.2 Å². The molecule has 0 saturated carbocycles. The van der Waals surface area contributed by atoms with Gasteiger partial charge in [0.2, 0.25) is 0 Å². The highest BCUT2D eigenvalue weighted by atomic mass is 35.5. The fourth-order valence-electron chi connectivity index (χ4n) is 1.69. The van der Waals surface area contributed by atoms with E-state index in [-0.39, 0.29) is 0 Å². The lowest BCUT2D eigenvalue weighted by Gasteiger charge is -2.25. The quantitative estimate of drug-likeness (QED) is 0.818. The topological polar surface area (TPSA) is 32.3 Å². The molecule has 0 spiro atoms. The Bertz CT molecular complexity index is 361. The van der Waals surface area contributed by atoms with Crippen LogP contribution in [-0.4, -0.2) is 17.3 Å². The summed E-state index contributed by atoms with van der Waals surface area (Å²) in [5.74, 6) is 0. The average molecular weight is 256 g/mol. The maximum absolute atomic E-state index is 10.1. The predicted molar refractivity (Wildman–Crippen MR) is 73.4 cm³/mol. The Labute approximate surface area is 109 Å². The highest BCUT2D eigenvalue weighted by Crippen LogP contribution is 2.17. The SMILES string of the molecule is CCC(O)(CC)CNCc1ccc(C)c(Cl)c1. The number of benzene rings is 1. The third-order valence-electron chi connectivity index (χ3n) is 3.34. The van der Waals surface area contributed by atoms with E-state index in [2.05, 4.69) is 11.4 Å². The zero-order chi connectivity index (χ0) is 12.9. The predicted octanol–water partition coefficient (Wildman–Crippen LogP) is 3.29. The number of aliphatic hydroxyl groups is 1. The maximum Gasteiger partial charge on any atom is 0.0766 e. The lowest BCUT2D eigenvalue weighted by atomic mass is 9.97. The maximum atomic E-state index is 10.1. The van der Waals surface area contributed by atoms with Crippen molar-refractivity contribution in [2.75, 3.05) is 6.54 Å². The van der Waals surface area contributed by atoms with Gasteiger partial charge in [-0.2, -0.15) is 0 Å². The van der Waals surface area contributed by atoms with Gasteiger partial charge >= 0.3 is 0 Å². The van der Waals surface area contributed by atoms with Crippen molar-refractivity contribution < 1.29 is 5.11 Å². The van der Waals surface area contributed by atoms with E-state index in [4.69, 9.17) is 11.6 Å². The second kappa shape index (κ2) is 6.39. The zero-order valence-corrected chi connectivity index (χ0v) is 11.6. The normalized spacial score (nSPS) is 11.8. The number of aryl methyl sites for hydroxylation is 1. The number of hydrogen-bond acceptors (Lipinski definition) is 2. The minimum atomic E-state index is -0.589. The zero-order valence-electron chi connectivity index (χ0n) is 10.9. The Morgan fingerprint density at radius 3 is 2.47 bits per heavy atom. The summed E-state index contributed by atoms with van der Waals surface area (Å²) in [6.45, 7) is 7.36. The first kappa shape index (κ1) is 14.5. The summed E-state index contributed by atoms with van der Waals surface area (Å²) in [5.41, 5.74) is 1.65. The van der Waals surface area contributed by atoms with Crippen LogP contribution in [0.25, 0.3) is 0 Å². The van der Waals surface area contributed by atoms with Crippen LogP contribution in [0.3, 0.4) is 0 Å². The van der Waals surface area contributed by atoms with Crippen LogP contribution in [0.1, 0.15) is 37.8 Å². The molecule has 96 valence electrons. The van der Waals surface area contributed by atoms with Gasteiger partial charge in [0.05, 0.1) is 5.60 Å². The van der Waals surface area contributed by atoms with Gasteiger partial charge in [0.25, 0.3) is 0 Å². The molecule has 3 heteroatoms. The Morgan fingerprint density at radius 2 is 1.94 bits per heavy atom. The molecule has 0 saturated heterocycles. The Kier molecular flexibility index (Phi) is 5.44. The van der Waals surface area contributed by atoms with E-state index in [9.17, 15) is 5.11 Å². The molecule has 2 nitrogen and oxygen atoms in total. The minimum absolute atomic E-state index is 0.589.